The highest BCUT2D eigenvalue weighted by atomic mass is 32.1. The number of nitrogens with one attached hydrogen (secondary N) is 1. The molecule has 0 fully saturated rings. The number of aromatic nitrogens is 2. The van der Waals surface area contributed by atoms with Crippen molar-refractivity contribution >= 4 is 38.9 Å². The van der Waals surface area contributed by atoms with E-state index in [1.807, 2.05) is 14.1 Å². The second-order valence-electron chi connectivity index (χ2n) is 5.56. The molecule has 120 valence electrons. The van der Waals surface area contributed by atoms with Crippen molar-refractivity contribution in [3.63, 3.8) is 0 Å². The number of benzene rings is 1. The van der Waals surface area contributed by atoms with E-state index in [-0.39, 0.29) is 11.9 Å². The van der Waals surface area contributed by atoms with Crippen LogP contribution in [0.3, 0.4) is 0 Å². The predicted molar refractivity (Wildman–Crippen MR) is 95.2 cm³/mol. The van der Waals surface area contributed by atoms with Crippen LogP contribution in [-0.2, 0) is 0 Å². The van der Waals surface area contributed by atoms with Crippen molar-refractivity contribution in [2.24, 2.45) is 0 Å². The molecule has 0 aliphatic carbocycles. The van der Waals surface area contributed by atoms with Gasteiger partial charge in [0.25, 0.3) is 5.91 Å². The molecular weight excluding hydrogens is 328 g/mol. The lowest BCUT2D eigenvalue weighted by Crippen LogP contribution is -2.34. The summed E-state index contributed by atoms with van der Waals surface area (Å²) in [4.78, 5) is 15.0. The molecule has 1 amide bonds. The molecule has 0 bridgehead atoms. The van der Waals surface area contributed by atoms with E-state index in [4.69, 9.17) is 0 Å². The Morgan fingerprint density at radius 2 is 2.13 bits per heavy atom. The molecule has 23 heavy (non-hydrogen) atoms. The Morgan fingerprint density at radius 3 is 2.83 bits per heavy atom. The fourth-order valence-corrected chi connectivity index (χ4v) is 4.12. The first kappa shape index (κ1) is 16.0. The number of carbonyl (C=O) groups is 1. The average Bonchev–Trinajstić information content (AvgIpc) is 3.14. The number of fused-ring (bicyclic) bond motifs is 1. The summed E-state index contributed by atoms with van der Waals surface area (Å²) in [6.45, 7) is 2.35. The van der Waals surface area contributed by atoms with Crippen molar-refractivity contribution in [3.8, 4) is 0 Å². The second-order valence-corrected chi connectivity index (χ2v) is 7.23. The SMILES string of the molecule is Cc1nnsc1C(=O)NC[C@@H](c1csc2ccccc12)N(C)C. The van der Waals surface area contributed by atoms with Crippen LogP contribution in [0.15, 0.2) is 29.6 Å². The third-order valence-corrected chi connectivity index (χ3v) is 5.62. The van der Waals surface area contributed by atoms with Crippen LogP contribution in [0.25, 0.3) is 10.1 Å². The second kappa shape index (κ2) is 6.74. The summed E-state index contributed by atoms with van der Waals surface area (Å²) in [6.07, 6.45) is 0. The lowest BCUT2D eigenvalue weighted by Gasteiger charge is -2.24. The van der Waals surface area contributed by atoms with Crippen LogP contribution >= 0.6 is 22.9 Å². The van der Waals surface area contributed by atoms with Crippen LogP contribution in [0.1, 0.15) is 27.0 Å². The van der Waals surface area contributed by atoms with Crippen molar-refractivity contribution in [1.29, 1.82) is 0 Å². The Hall–Kier alpha value is -1.83. The first-order chi connectivity index (χ1) is 11.1. The van der Waals surface area contributed by atoms with Crippen molar-refractivity contribution in [3.05, 3.63) is 45.8 Å². The van der Waals surface area contributed by atoms with Crippen LogP contribution in [-0.4, -0.2) is 41.0 Å². The summed E-state index contributed by atoms with van der Waals surface area (Å²) in [7, 11) is 4.06. The largest absolute Gasteiger partial charge is 0.349 e. The normalized spacial score (nSPS) is 12.7. The van der Waals surface area contributed by atoms with E-state index in [9.17, 15) is 4.79 Å². The van der Waals surface area contributed by atoms with Crippen molar-refractivity contribution < 1.29 is 4.79 Å². The van der Waals surface area contributed by atoms with Crippen molar-refractivity contribution in [2.75, 3.05) is 20.6 Å². The van der Waals surface area contributed by atoms with Gasteiger partial charge in [0.05, 0.1) is 11.7 Å². The Kier molecular flexibility index (Phi) is 4.70. The van der Waals surface area contributed by atoms with Gasteiger partial charge in [-0.1, -0.05) is 22.7 Å². The number of nitrogens with zero attached hydrogens (tertiary/aromatic N) is 3. The molecule has 1 N–H and O–H groups in total. The number of hydrogen-bond acceptors (Lipinski definition) is 6. The molecule has 5 nitrogen and oxygen atoms in total. The highest BCUT2D eigenvalue weighted by molar-refractivity contribution is 7.17. The van der Waals surface area contributed by atoms with Gasteiger partial charge >= 0.3 is 0 Å². The summed E-state index contributed by atoms with van der Waals surface area (Å²) in [5, 5.41) is 10.3. The van der Waals surface area contributed by atoms with Crippen LogP contribution < -0.4 is 5.32 Å². The van der Waals surface area contributed by atoms with E-state index < -0.39 is 0 Å². The molecule has 0 aliphatic heterocycles. The molecule has 0 saturated heterocycles. The minimum Gasteiger partial charge on any atom is -0.349 e. The molecule has 0 radical (unpaired) electrons. The van der Waals surface area contributed by atoms with E-state index in [0.29, 0.717) is 17.1 Å². The van der Waals surface area contributed by atoms with Crippen molar-refractivity contribution in [2.45, 2.75) is 13.0 Å². The van der Waals surface area contributed by atoms with E-state index in [1.165, 1.54) is 15.6 Å². The minimum absolute atomic E-state index is 0.108. The first-order valence-electron chi connectivity index (χ1n) is 7.27. The molecule has 2 heterocycles. The Morgan fingerprint density at radius 1 is 1.35 bits per heavy atom. The van der Waals surface area contributed by atoms with E-state index in [0.717, 1.165) is 11.5 Å². The highest BCUT2D eigenvalue weighted by Crippen LogP contribution is 2.32. The van der Waals surface area contributed by atoms with E-state index in [1.54, 1.807) is 18.3 Å². The number of aryl methyl sites for hydroxylation is 1. The topological polar surface area (TPSA) is 58.1 Å². The number of carbonyl (C=O) groups excluding carboxylic acids is 1. The zero-order chi connectivity index (χ0) is 16.4. The molecule has 0 spiro atoms. The van der Waals surface area contributed by atoms with Crippen molar-refractivity contribution in [1.82, 2.24) is 19.8 Å². The number of amides is 1. The maximum absolute atomic E-state index is 12.3. The Balaban J connectivity index is 1.80. The molecule has 1 aromatic carbocycles. The van der Waals surface area contributed by atoms with E-state index >= 15 is 0 Å². The molecule has 3 rings (SSSR count). The Labute approximate surface area is 143 Å². The molecule has 0 saturated carbocycles. The number of rotatable bonds is 5. The fourth-order valence-electron chi connectivity index (χ4n) is 2.54. The fraction of sp³-hybridized carbons (Fsp3) is 0.312. The van der Waals surface area contributed by atoms with Crippen LogP contribution in [0, 0.1) is 6.92 Å². The number of thiophene rings is 1. The summed E-state index contributed by atoms with van der Waals surface area (Å²) in [5.74, 6) is -0.108. The van der Waals surface area contributed by atoms with Gasteiger partial charge < -0.3 is 10.2 Å². The lowest BCUT2D eigenvalue weighted by atomic mass is 10.0. The van der Waals surface area contributed by atoms with Gasteiger partial charge in [0.1, 0.15) is 4.88 Å². The van der Waals surface area contributed by atoms with Gasteiger partial charge in [0.15, 0.2) is 0 Å². The van der Waals surface area contributed by atoms with Crippen LogP contribution in [0.5, 0.6) is 0 Å². The van der Waals surface area contributed by atoms with Crippen LogP contribution in [0.4, 0.5) is 0 Å². The zero-order valence-corrected chi connectivity index (χ0v) is 14.9. The first-order valence-corrected chi connectivity index (χ1v) is 8.93. The van der Waals surface area contributed by atoms with Gasteiger partial charge in [-0.15, -0.1) is 16.4 Å². The highest BCUT2D eigenvalue weighted by Gasteiger charge is 2.20. The summed E-state index contributed by atoms with van der Waals surface area (Å²) in [5.41, 5.74) is 1.92. The van der Waals surface area contributed by atoms with Gasteiger partial charge in [-0.25, -0.2) is 0 Å². The maximum atomic E-state index is 12.3. The quantitative estimate of drug-likeness (QED) is 0.771. The smallest absolute Gasteiger partial charge is 0.265 e. The molecule has 0 unspecified atom stereocenters. The standard InChI is InChI=1S/C16H18N4OS2/c1-10-15(23-19-18-10)16(21)17-8-13(20(2)3)12-9-22-14-7-5-4-6-11(12)14/h4-7,9,13H,8H2,1-3H3,(H,17,21)/t13-/m0/s1. The molecule has 3 aromatic rings. The van der Waals surface area contributed by atoms with Gasteiger partial charge in [-0.3, -0.25) is 4.79 Å². The number of likely N-dealkylation sites (N-methyl/N-ethyl adjacent to an activating group) is 1. The van der Waals surface area contributed by atoms with Gasteiger partial charge in [0.2, 0.25) is 0 Å². The summed E-state index contributed by atoms with van der Waals surface area (Å²) < 4.78 is 5.08. The van der Waals surface area contributed by atoms with E-state index in [2.05, 4.69) is 49.4 Å². The summed E-state index contributed by atoms with van der Waals surface area (Å²) >= 11 is 2.87. The van der Waals surface area contributed by atoms with Crippen LogP contribution in [0.2, 0.25) is 0 Å². The molecule has 2 aromatic heterocycles. The number of hydrogen-bond donors (Lipinski definition) is 1. The third-order valence-electron chi connectivity index (χ3n) is 3.81. The molecule has 7 heteroatoms. The summed E-state index contributed by atoms with van der Waals surface area (Å²) in [6, 6.07) is 8.49. The van der Waals surface area contributed by atoms with Gasteiger partial charge in [-0.05, 0) is 54.9 Å². The minimum atomic E-state index is -0.108. The average molecular weight is 346 g/mol. The molecule has 0 aliphatic rings. The monoisotopic (exact) mass is 346 g/mol. The molecular formula is C16H18N4OS2. The van der Waals surface area contributed by atoms with Gasteiger partial charge in [-0.2, -0.15) is 0 Å². The lowest BCUT2D eigenvalue weighted by molar-refractivity contribution is 0.0945. The molecule has 1 atom stereocenters. The maximum Gasteiger partial charge on any atom is 0.265 e. The Bertz CT molecular complexity index is 824. The third kappa shape index (κ3) is 3.26. The zero-order valence-electron chi connectivity index (χ0n) is 13.2. The predicted octanol–water partition coefficient (Wildman–Crippen LogP) is 3.09. The van der Waals surface area contributed by atoms with Gasteiger partial charge in [0, 0.05) is 11.2 Å².